The predicted molar refractivity (Wildman–Crippen MR) is 89.6 cm³/mol. The highest BCUT2D eigenvalue weighted by Gasteiger charge is 2.43. The van der Waals surface area contributed by atoms with E-state index < -0.39 is 0 Å². The first-order valence-electron chi connectivity index (χ1n) is 8.14. The average molecular weight is 345 g/mol. The summed E-state index contributed by atoms with van der Waals surface area (Å²) in [7, 11) is 0. The topological polar surface area (TPSA) is 68.5 Å². The van der Waals surface area contributed by atoms with E-state index in [0.29, 0.717) is 24.9 Å². The number of piperidine rings is 1. The summed E-state index contributed by atoms with van der Waals surface area (Å²) in [6.45, 7) is 3.10. The Kier molecular flexibility index (Phi) is 4.20. The summed E-state index contributed by atoms with van der Waals surface area (Å²) in [6.07, 6.45) is 5.29. The molecule has 2 fully saturated rings. The Balaban J connectivity index is 1.54. The number of fused-ring (bicyclic) bond motifs is 1. The number of hydrogen-bond acceptors (Lipinski definition) is 6. The fourth-order valence-corrected chi connectivity index (χ4v) is 4.11. The van der Waals surface area contributed by atoms with Crippen LogP contribution in [0, 0.1) is 6.92 Å². The van der Waals surface area contributed by atoms with E-state index in [1.54, 1.807) is 24.3 Å². The third kappa shape index (κ3) is 3.01. The van der Waals surface area contributed by atoms with Gasteiger partial charge in [-0.2, -0.15) is 4.98 Å². The zero-order valence-electron chi connectivity index (χ0n) is 13.4. The molecular weight excluding hydrogens is 326 g/mol. The molecule has 126 valence electrons. The van der Waals surface area contributed by atoms with Gasteiger partial charge in [0.2, 0.25) is 11.8 Å². The van der Waals surface area contributed by atoms with Gasteiger partial charge in [0.05, 0.1) is 18.1 Å². The van der Waals surface area contributed by atoms with Crippen molar-refractivity contribution >= 4 is 23.3 Å². The summed E-state index contributed by atoms with van der Waals surface area (Å²) in [5, 5.41) is 5.87. The summed E-state index contributed by atoms with van der Waals surface area (Å²) < 4.78 is 11.2. The van der Waals surface area contributed by atoms with Crippen LogP contribution in [0.4, 0.5) is 0 Å². The van der Waals surface area contributed by atoms with Gasteiger partial charge in [-0.1, -0.05) is 11.2 Å². The molecule has 0 bridgehead atoms. The number of ether oxygens (including phenoxy) is 1. The van der Waals surface area contributed by atoms with E-state index in [-0.39, 0.29) is 24.0 Å². The van der Waals surface area contributed by atoms with E-state index in [0.717, 1.165) is 17.7 Å². The third-order valence-electron chi connectivity index (χ3n) is 4.62. The Morgan fingerprint density at radius 1 is 1.50 bits per heavy atom. The number of hydrogen-bond donors (Lipinski definition) is 0. The van der Waals surface area contributed by atoms with E-state index in [1.165, 1.54) is 0 Å². The van der Waals surface area contributed by atoms with Gasteiger partial charge in [-0.3, -0.25) is 4.79 Å². The lowest BCUT2D eigenvalue weighted by Gasteiger charge is -2.39. The number of aryl methyl sites for hydroxylation is 1. The molecule has 0 saturated carbocycles. The molecule has 0 N–H and O–H groups in total. The molecule has 4 heterocycles. The number of carbonyl (C=O) groups excluding carboxylic acids is 1. The van der Waals surface area contributed by atoms with Crippen molar-refractivity contribution in [3.05, 3.63) is 40.2 Å². The van der Waals surface area contributed by atoms with Gasteiger partial charge >= 0.3 is 0 Å². The second-order valence-electron chi connectivity index (χ2n) is 6.22. The standard InChI is InChI=1S/C17H19N3O3S/c1-11-18-17(23-19-11)12-9-15-14(6-7-22-15)20(10-12)16(21)5-4-13-3-2-8-24-13/h2-5,8,12,14-15H,6-7,9-10H2,1H3/b5-4+/t12-,14+,15+/m0/s1. The highest BCUT2D eigenvalue weighted by Crippen LogP contribution is 2.35. The Labute approximate surface area is 144 Å². The number of amides is 1. The number of rotatable bonds is 3. The van der Waals surface area contributed by atoms with Crippen LogP contribution in [0.25, 0.3) is 6.08 Å². The van der Waals surface area contributed by atoms with Gasteiger partial charge in [0.15, 0.2) is 5.82 Å². The van der Waals surface area contributed by atoms with Crippen molar-refractivity contribution in [1.29, 1.82) is 0 Å². The van der Waals surface area contributed by atoms with Crippen LogP contribution in [0.5, 0.6) is 0 Å². The molecule has 3 atom stereocenters. The van der Waals surface area contributed by atoms with E-state index in [9.17, 15) is 4.79 Å². The van der Waals surface area contributed by atoms with Gasteiger partial charge in [-0.15, -0.1) is 11.3 Å². The van der Waals surface area contributed by atoms with Crippen LogP contribution in [0.3, 0.4) is 0 Å². The molecule has 2 aliphatic rings. The third-order valence-corrected chi connectivity index (χ3v) is 5.46. The quantitative estimate of drug-likeness (QED) is 0.800. The average Bonchev–Trinajstić information content (AvgIpc) is 3.32. The van der Waals surface area contributed by atoms with Crippen molar-refractivity contribution in [2.45, 2.75) is 37.8 Å². The second kappa shape index (κ2) is 6.49. The normalized spacial score (nSPS) is 26.9. The molecule has 0 radical (unpaired) electrons. The molecule has 7 heteroatoms. The fraction of sp³-hybridized carbons (Fsp3) is 0.471. The van der Waals surface area contributed by atoms with Crippen LogP contribution in [0.2, 0.25) is 0 Å². The highest BCUT2D eigenvalue weighted by molar-refractivity contribution is 7.10. The predicted octanol–water partition coefficient (Wildman–Crippen LogP) is 2.63. The van der Waals surface area contributed by atoms with Crippen LogP contribution in [-0.4, -0.2) is 46.2 Å². The van der Waals surface area contributed by atoms with Gasteiger partial charge in [0, 0.05) is 24.1 Å². The van der Waals surface area contributed by atoms with E-state index in [2.05, 4.69) is 10.1 Å². The second-order valence-corrected chi connectivity index (χ2v) is 7.20. The van der Waals surface area contributed by atoms with Crippen molar-refractivity contribution in [1.82, 2.24) is 15.0 Å². The minimum atomic E-state index is 0.0184. The minimum absolute atomic E-state index is 0.0184. The summed E-state index contributed by atoms with van der Waals surface area (Å²) in [5.74, 6) is 1.27. The maximum atomic E-state index is 12.7. The first kappa shape index (κ1) is 15.5. The van der Waals surface area contributed by atoms with Crippen molar-refractivity contribution in [3.8, 4) is 0 Å². The first-order valence-corrected chi connectivity index (χ1v) is 9.02. The maximum Gasteiger partial charge on any atom is 0.246 e. The fourth-order valence-electron chi connectivity index (χ4n) is 3.49. The van der Waals surface area contributed by atoms with Crippen molar-refractivity contribution < 1.29 is 14.1 Å². The van der Waals surface area contributed by atoms with Crippen LogP contribution >= 0.6 is 11.3 Å². The lowest BCUT2D eigenvalue weighted by molar-refractivity contribution is -0.132. The molecule has 1 amide bonds. The summed E-state index contributed by atoms with van der Waals surface area (Å²) >= 11 is 1.62. The minimum Gasteiger partial charge on any atom is -0.376 e. The summed E-state index contributed by atoms with van der Waals surface area (Å²) in [5.41, 5.74) is 0. The zero-order chi connectivity index (χ0) is 16.5. The smallest absolute Gasteiger partial charge is 0.246 e. The van der Waals surface area contributed by atoms with Gasteiger partial charge < -0.3 is 14.2 Å². The van der Waals surface area contributed by atoms with Crippen molar-refractivity contribution in [3.63, 3.8) is 0 Å². The number of thiophene rings is 1. The van der Waals surface area contributed by atoms with E-state index in [4.69, 9.17) is 9.26 Å². The molecule has 6 nitrogen and oxygen atoms in total. The van der Waals surface area contributed by atoms with Gasteiger partial charge in [-0.25, -0.2) is 0 Å². The SMILES string of the molecule is Cc1noc([C@H]2C[C@H]3OCC[C@H]3N(C(=O)/C=C/c3cccs3)C2)n1. The largest absolute Gasteiger partial charge is 0.376 e. The van der Waals surface area contributed by atoms with Gasteiger partial charge in [0.25, 0.3) is 0 Å². The van der Waals surface area contributed by atoms with Crippen molar-refractivity contribution in [2.24, 2.45) is 0 Å². The number of likely N-dealkylation sites (tertiary alicyclic amines) is 1. The van der Waals surface area contributed by atoms with Crippen LogP contribution in [0.1, 0.15) is 35.4 Å². The zero-order valence-corrected chi connectivity index (χ0v) is 14.2. The lowest BCUT2D eigenvalue weighted by Crippen LogP contribution is -2.51. The lowest BCUT2D eigenvalue weighted by atomic mass is 9.89. The number of aromatic nitrogens is 2. The highest BCUT2D eigenvalue weighted by atomic mass is 32.1. The molecule has 0 aliphatic carbocycles. The molecule has 2 aliphatic heterocycles. The maximum absolute atomic E-state index is 12.7. The molecule has 0 spiro atoms. The molecule has 0 unspecified atom stereocenters. The number of carbonyl (C=O) groups is 1. The Morgan fingerprint density at radius 3 is 3.17 bits per heavy atom. The first-order chi connectivity index (χ1) is 11.7. The molecule has 2 aromatic heterocycles. The molecular formula is C17H19N3O3S. The van der Waals surface area contributed by atoms with E-state index in [1.807, 2.05) is 28.5 Å². The Morgan fingerprint density at radius 2 is 2.42 bits per heavy atom. The monoisotopic (exact) mass is 345 g/mol. The summed E-state index contributed by atoms with van der Waals surface area (Å²) in [4.78, 5) is 20.1. The van der Waals surface area contributed by atoms with Crippen LogP contribution < -0.4 is 0 Å². The Hall–Kier alpha value is -1.99. The van der Waals surface area contributed by atoms with Crippen molar-refractivity contribution in [2.75, 3.05) is 13.2 Å². The number of nitrogens with zero attached hydrogens (tertiary/aromatic N) is 3. The van der Waals surface area contributed by atoms with Crippen LogP contribution in [0.15, 0.2) is 28.1 Å². The van der Waals surface area contributed by atoms with Gasteiger partial charge in [0.1, 0.15) is 0 Å². The molecule has 2 saturated heterocycles. The van der Waals surface area contributed by atoms with Crippen LogP contribution in [-0.2, 0) is 9.53 Å². The Bertz CT molecular complexity index is 740. The molecule has 2 aromatic rings. The van der Waals surface area contributed by atoms with E-state index >= 15 is 0 Å². The molecule has 24 heavy (non-hydrogen) atoms. The summed E-state index contributed by atoms with van der Waals surface area (Å²) in [6, 6.07) is 4.12. The molecule has 0 aromatic carbocycles. The van der Waals surface area contributed by atoms with Gasteiger partial charge in [-0.05, 0) is 37.3 Å². The molecule has 4 rings (SSSR count).